The number of nitrogens with zero attached hydrogens (tertiary/aromatic N) is 4. The summed E-state index contributed by atoms with van der Waals surface area (Å²) < 4.78 is 57.6. The molecule has 1 amide bonds. The maximum Gasteiger partial charge on any atom is 0.409 e. The van der Waals surface area contributed by atoms with Gasteiger partial charge in [-0.15, -0.1) is 0 Å². The van der Waals surface area contributed by atoms with Crippen molar-refractivity contribution in [2.45, 2.75) is 29.9 Å². The molecular formula is C17H17ClF2N6O6S2. The number of nitro groups is 1. The summed E-state index contributed by atoms with van der Waals surface area (Å²) in [5.41, 5.74) is 0.344. The number of carbonyl (C=O) groups excluding carboxylic acids is 1. The summed E-state index contributed by atoms with van der Waals surface area (Å²) in [5.74, 6) is -0.0133. The van der Waals surface area contributed by atoms with Gasteiger partial charge in [0.25, 0.3) is 0 Å². The van der Waals surface area contributed by atoms with E-state index in [1.54, 1.807) is 0 Å². The Labute approximate surface area is 200 Å². The average Bonchev–Trinajstić information content (AvgIpc) is 3.28. The number of aromatic nitrogens is 3. The number of carbonyl (C=O) groups is 1. The molecule has 2 aromatic heterocycles. The van der Waals surface area contributed by atoms with Crippen LogP contribution in [0.4, 0.5) is 24.5 Å². The monoisotopic (exact) mass is 538 g/mol. The van der Waals surface area contributed by atoms with E-state index < -0.39 is 32.4 Å². The molecule has 34 heavy (non-hydrogen) atoms. The fraction of sp³-hybridized carbons (Fsp3) is 0.353. The first-order chi connectivity index (χ1) is 15.8. The van der Waals surface area contributed by atoms with Gasteiger partial charge < -0.3 is 20.2 Å². The smallest absolute Gasteiger partial charge is 0.409 e. The fourth-order valence-corrected chi connectivity index (χ4v) is 4.55. The van der Waals surface area contributed by atoms with Crippen molar-refractivity contribution in [1.82, 2.24) is 19.9 Å². The quantitative estimate of drug-likeness (QED) is 0.181. The van der Waals surface area contributed by atoms with Gasteiger partial charge in [-0.2, -0.15) is 8.78 Å². The molecule has 1 atom stereocenters. The predicted octanol–water partition coefficient (Wildman–Crippen LogP) is 3.11. The second kappa shape index (κ2) is 9.63. The van der Waals surface area contributed by atoms with Crippen molar-refractivity contribution in [3.05, 3.63) is 40.3 Å². The third-order valence-corrected chi connectivity index (χ3v) is 6.69. The van der Waals surface area contributed by atoms with Gasteiger partial charge in [0.05, 0.1) is 15.1 Å². The SMILES string of the molecule is Cc1ncc([N+](=O)[O-])n1CCOC(=O)NC(Nc1nc2ccc(S(C)(=O)=O)cc2s1)C(F)(F)Cl. The van der Waals surface area contributed by atoms with Crippen molar-refractivity contribution >= 4 is 60.0 Å². The molecule has 0 saturated heterocycles. The third kappa shape index (κ3) is 6.06. The van der Waals surface area contributed by atoms with Crippen LogP contribution in [-0.4, -0.2) is 58.4 Å². The van der Waals surface area contributed by atoms with Crippen LogP contribution in [0.25, 0.3) is 10.2 Å². The maximum absolute atomic E-state index is 13.9. The Morgan fingerprint density at radius 1 is 1.44 bits per heavy atom. The van der Waals surface area contributed by atoms with Crippen LogP contribution < -0.4 is 10.6 Å². The van der Waals surface area contributed by atoms with Crippen molar-refractivity contribution in [3.63, 3.8) is 0 Å². The number of imidazole rings is 1. The van der Waals surface area contributed by atoms with Crippen LogP contribution in [-0.2, 0) is 21.1 Å². The Kier molecular flexibility index (Phi) is 7.23. The number of benzene rings is 1. The first kappa shape index (κ1) is 25.5. The summed E-state index contributed by atoms with van der Waals surface area (Å²) in [4.78, 5) is 30.3. The Morgan fingerprint density at radius 2 is 2.15 bits per heavy atom. The van der Waals surface area contributed by atoms with Gasteiger partial charge in [0.2, 0.25) is 0 Å². The molecule has 0 spiro atoms. The molecule has 2 heterocycles. The maximum atomic E-state index is 13.9. The van der Waals surface area contributed by atoms with E-state index in [1.807, 2.05) is 5.32 Å². The third-order valence-electron chi connectivity index (χ3n) is 4.41. The lowest BCUT2D eigenvalue weighted by Crippen LogP contribution is -2.50. The molecule has 1 unspecified atom stereocenters. The van der Waals surface area contributed by atoms with Crippen molar-refractivity contribution in [2.75, 3.05) is 18.2 Å². The Balaban J connectivity index is 1.67. The Morgan fingerprint density at radius 3 is 2.76 bits per heavy atom. The first-order valence-corrected chi connectivity index (χ1v) is 12.4. The number of ether oxygens (including phenoxy) is 1. The molecule has 184 valence electrons. The predicted molar refractivity (Wildman–Crippen MR) is 119 cm³/mol. The molecule has 0 radical (unpaired) electrons. The number of sulfone groups is 1. The number of rotatable bonds is 9. The van der Waals surface area contributed by atoms with Crippen LogP contribution in [0.3, 0.4) is 0 Å². The number of thiazole rings is 1. The first-order valence-electron chi connectivity index (χ1n) is 9.29. The number of halogens is 3. The molecular weight excluding hydrogens is 522 g/mol. The molecule has 1 aromatic carbocycles. The number of alkyl carbamates (subject to hydrolysis) is 1. The number of anilines is 1. The summed E-state index contributed by atoms with van der Waals surface area (Å²) >= 11 is 5.99. The van der Waals surface area contributed by atoms with E-state index in [1.165, 1.54) is 29.7 Å². The average molecular weight is 539 g/mol. The molecule has 0 saturated carbocycles. The highest BCUT2D eigenvalue weighted by Crippen LogP contribution is 2.31. The summed E-state index contributed by atoms with van der Waals surface area (Å²) in [6.45, 7) is 1.00. The van der Waals surface area contributed by atoms with E-state index in [2.05, 4.69) is 15.3 Å². The highest BCUT2D eigenvalue weighted by molar-refractivity contribution is 7.90. The summed E-state index contributed by atoms with van der Waals surface area (Å²) in [6.07, 6.45) is -1.33. The van der Waals surface area contributed by atoms with Crippen LogP contribution in [0.2, 0.25) is 0 Å². The normalized spacial score (nSPS) is 13.0. The minimum atomic E-state index is -3.96. The van der Waals surface area contributed by atoms with E-state index in [9.17, 15) is 32.1 Å². The Bertz CT molecular complexity index is 1340. The molecule has 0 fully saturated rings. The zero-order valence-corrected chi connectivity index (χ0v) is 19.9. The van der Waals surface area contributed by atoms with Crippen LogP contribution in [0.1, 0.15) is 5.82 Å². The van der Waals surface area contributed by atoms with Crippen LogP contribution in [0.15, 0.2) is 29.3 Å². The van der Waals surface area contributed by atoms with E-state index in [0.29, 0.717) is 16.0 Å². The topological polar surface area (TPSA) is 158 Å². The molecule has 12 nitrogen and oxygen atoms in total. The molecule has 17 heteroatoms. The fourth-order valence-electron chi connectivity index (χ4n) is 2.79. The standard InChI is InChI=1S/C17H17ClF2N6O6S2/c1-9-21-8-13(26(28)29)25(9)5-6-32-16(27)24-14(17(18,19)20)23-15-22-11-4-3-10(34(2,30)31)7-12(11)33-15/h3-4,7-8,14H,5-6H2,1-2H3,(H,22,23)(H,24,27). The summed E-state index contributed by atoms with van der Waals surface area (Å²) in [6, 6.07) is 4.09. The lowest BCUT2D eigenvalue weighted by atomic mass is 10.3. The lowest BCUT2D eigenvalue weighted by Gasteiger charge is -2.23. The zero-order valence-electron chi connectivity index (χ0n) is 17.5. The highest BCUT2D eigenvalue weighted by atomic mass is 35.5. The van der Waals surface area contributed by atoms with Gasteiger partial charge >= 0.3 is 17.3 Å². The minimum Gasteiger partial charge on any atom is -0.445 e. The Hall–Kier alpha value is -3.11. The molecule has 0 aliphatic heterocycles. The van der Waals surface area contributed by atoms with Gasteiger partial charge in [-0.25, -0.2) is 27.7 Å². The van der Waals surface area contributed by atoms with E-state index in [4.69, 9.17) is 16.3 Å². The molecule has 0 aliphatic carbocycles. The van der Waals surface area contributed by atoms with Gasteiger partial charge in [0.1, 0.15) is 19.3 Å². The highest BCUT2D eigenvalue weighted by Gasteiger charge is 2.39. The van der Waals surface area contributed by atoms with Crippen LogP contribution >= 0.6 is 22.9 Å². The minimum absolute atomic E-state index is 0.0319. The summed E-state index contributed by atoms with van der Waals surface area (Å²) in [5, 5.41) is 11.1. The number of hydrogen-bond donors (Lipinski definition) is 2. The number of aryl methyl sites for hydroxylation is 1. The second-order valence-electron chi connectivity index (χ2n) is 6.89. The van der Waals surface area contributed by atoms with Gasteiger partial charge in [-0.3, -0.25) is 5.32 Å². The summed E-state index contributed by atoms with van der Waals surface area (Å²) in [7, 11) is -3.48. The number of alkyl halides is 3. The second-order valence-corrected chi connectivity index (χ2v) is 10.4. The molecule has 0 bridgehead atoms. The van der Waals surface area contributed by atoms with Crippen molar-refractivity contribution < 1.29 is 31.7 Å². The van der Waals surface area contributed by atoms with Crippen LogP contribution in [0.5, 0.6) is 0 Å². The van der Waals surface area contributed by atoms with E-state index >= 15 is 0 Å². The van der Waals surface area contributed by atoms with E-state index in [0.717, 1.165) is 23.8 Å². The van der Waals surface area contributed by atoms with Crippen molar-refractivity contribution in [3.8, 4) is 0 Å². The largest absolute Gasteiger partial charge is 0.445 e. The number of fused-ring (bicyclic) bond motifs is 1. The number of amides is 1. The molecule has 0 aliphatic rings. The number of nitrogens with one attached hydrogen (secondary N) is 2. The number of hydrogen-bond acceptors (Lipinski definition) is 10. The van der Waals surface area contributed by atoms with Gasteiger partial charge in [0.15, 0.2) is 27.0 Å². The van der Waals surface area contributed by atoms with Crippen molar-refractivity contribution in [1.29, 1.82) is 0 Å². The molecule has 3 rings (SSSR count). The lowest BCUT2D eigenvalue weighted by molar-refractivity contribution is -0.392. The molecule has 3 aromatic rings. The molecule has 2 N–H and O–H groups in total. The van der Waals surface area contributed by atoms with Crippen LogP contribution in [0, 0.1) is 17.0 Å². The van der Waals surface area contributed by atoms with Gasteiger partial charge in [-0.1, -0.05) is 11.3 Å². The van der Waals surface area contributed by atoms with Gasteiger partial charge in [0, 0.05) is 13.2 Å². The zero-order chi connectivity index (χ0) is 25.3. The van der Waals surface area contributed by atoms with Gasteiger partial charge in [-0.05, 0) is 34.7 Å². The van der Waals surface area contributed by atoms with Crippen molar-refractivity contribution in [2.24, 2.45) is 0 Å². The van der Waals surface area contributed by atoms with E-state index in [-0.39, 0.29) is 29.0 Å².